The van der Waals surface area contributed by atoms with E-state index in [0.29, 0.717) is 10.8 Å². The van der Waals surface area contributed by atoms with Crippen LogP contribution in [-0.2, 0) is 0 Å². The van der Waals surface area contributed by atoms with Crippen LogP contribution in [-0.4, -0.2) is 9.97 Å². The van der Waals surface area contributed by atoms with Crippen molar-refractivity contribution in [1.82, 2.24) is 9.97 Å². The van der Waals surface area contributed by atoms with E-state index in [9.17, 15) is 0 Å². The normalized spacial score (nSPS) is 9.58. The lowest BCUT2D eigenvalue weighted by Gasteiger charge is -2.05. The maximum absolute atomic E-state index is 5.01. The van der Waals surface area contributed by atoms with E-state index in [-0.39, 0.29) is 7.43 Å². The van der Waals surface area contributed by atoms with Gasteiger partial charge in [-0.15, -0.1) is 0 Å². The third-order valence-corrected chi connectivity index (χ3v) is 2.47. The van der Waals surface area contributed by atoms with Gasteiger partial charge in [-0.3, -0.25) is 0 Å². The average Bonchev–Trinajstić information content (AvgIpc) is 3.38. The fourth-order valence-corrected chi connectivity index (χ4v) is 1.61. The van der Waals surface area contributed by atoms with Crippen LogP contribution >= 0.6 is 0 Å². The van der Waals surface area contributed by atoms with Crippen LogP contribution in [0, 0.1) is 10.8 Å². The molecule has 0 saturated heterocycles. The molecule has 4 rings (SSSR count). The Balaban J connectivity index is -0.000000355. The van der Waals surface area contributed by atoms with Crippen LogP contribution in [0.1, 0.15) is 90.5 Å². The van der Waals surface area contributed by atoms with Crippen molar-refractivity contribution in [3.05, 3.63) is 61.3 Å². The van der Waals surface area contributed by atoms with Crippen LogP contribution in [0.3, 0.4) is 0 Å². The molecule has 0 saturated carbocycles. The first-order valence-electron chi connectivity index (χ1n) is 11.5. The van der Waals surface area contributed by atoms with E-state index in [1.165, 1.54) is 12.8 Å². The molecule has 4 nitrogen and oxygen atoms in total. The molecule has 2 aromatic carbocycles. The van der Waals surface area contributed by atoms with Crippen molar-refractivity contribution in [2.24, 2.45) is 10.8 Å². The predicted molar refractivity (Wildman–Crippen MR) is 148 cm³/mol. The molecule has 4 heteroatoms. The van der Waals surface area contributed by atoms with Gasteiger partial charge in [-0.05, 0) is 35.1 Å². The Morgan fingerprint density at radius 3 is 1.00 bits per heavy atom. The molecule has 0 aliphatic heterocycles. The molecule has 2 heterocycles. The average molecular weight is 459 g/mol. The van der Waals surface area contributed by atoms with Gasteiger partial charge in [0.25, 0.3) is 0 Å². The summed E-state index contributed by atoms with van der Waals surface area (Å²) in [6, 6.07) is 15.3. The molecule has 0 radical (unpaired) electrons. The van der Waals surface area contributed by atoms with Gasteiger partial charge >= 0.3 is 0 Å². The van der Waals surface area contributed by atoms with Crippen LogP contribution in [0.4, 0.5) is 0 Å². The standard InChI is InChI=1S/2C7H5NO.2C5H12.2C2H6.CH4/c2*1-2-4-7-6(3-1)8-5-9-7;2*1-5(2,3)4;2*1-2;/h2*1-5H;2*1-4H3;2*1-2H3;1H4. The Morgan fingerprint density at radius 1 is 0.515 bits per heavy atom. The second kappa shape index (κ2) is 18.9. The second-order valence-electron chi connectivity index (χ2n) is 9.64. The zero-order valence-corrected chi connectivity index (χ0v) is 22.5. The maximum Gasteiger partial charge on any atom is 0.181 e. The lowest BCUT2D eigenvalue weighted by atomic mass is 10.0. The lowest BCUT2D eigenvalue weighted by molar-refractivity contribution is 0.469. The Hall–Kier alpha value is -2.62. The van der Waals surface area contributed by atoms with Crippen LogP contribution in [0.5, 0.6) is 0 Å². The molecular formula is C29H50N2O2. The molecule has 0 bridgehead atoms. The monoisotopic (exact) mass is 458 g/mol. The van der Waals surface area contributed by atoms with E-state index >= 15 is 0 Å². The summed E-state index contributed by atoms with van der Waals surface area (Å²) in [4.78, 5) is 7.90. The topological polar surface area (TPSA) is 52.1 Å². The van der Waals surface area contributed by atoms with Gasteiger partial charge in [0.15, 0.2) is 24.0 Å². The van der Waals surface area contributed by atoms with Gasteiger partial charge in [0.1, 0.15) is 11.0 Å². The van der Waals surface area contributed by atoms with E-state index in [0.717, 1.165) is 22.2 Å². The number of hydrogen-bond donors (Lipinski definition) is 0. The third kappa shape index (κ3) is 22.4. The number of rotatable bonds is 0. The van der Waals surface area contributed by atoms with Crippen LogP contribution in [0.2, 0.25) is 0 Å². The van der Waals surface area contributed by atoms with Crippen molar-refractivity contribution in [1.29, 1.82) is 0 Å². The molecule has 0 N–H and O–H groups in total. The van der Waals surface area contributed by atoms with Gasteiger partial charge in [0.05, 0.1) is 0 Å². The van der Waals surface area contributed by atoms with Gasteiger partial charge < -0.3 is 8.83 Å². The first kappa shape index (κ1) is 35.0. The Labute approximate surface area is 203 Å². The smallest absolute Gasteiger partial charge is 0.181 e. The number of fused-ring (bicyclic) bond motifs is 2. The first-order chi connectivity index (χ1) is 14.9. The summed E-state index contributed by atoms with van der Waals surface area (Å²) in [5.74, 6) is 0. The first-order valence-corrected chi connectivity index (χ1v) is 11.5. The van der Waals surface area contributed by atoms with Gasteiger partial charge in [0, 0.05) is 0 Å². The Bertz CT molecular complexity index is 775. The number of hydrogen-bond acceptors (Lipinski definition) is 4. The van der Waals surface area contributed by atoms with Gasteiger partial charge in [-0.1, -0.05) is 115 Å². The van der Waals surface area contributed by atoms with E-state index in [1.807, 2.05) is 76.2 Å². The minimum absolute atomic E-state index is 0. The molecule has 0 spiro atoms. The second-order valence-corrected chi connectivity index (χ2v) is 9.64. The minimum atomic E-state index is 0. The number of nitrogens with zero attached hydrogens (tertiary/aromatic N) is 2. The molecule has 0 aliphatic carbocycles. The molecule has 0 amide bonds. The highest BCUT2D eigenvalue weighted by molar-refractivity contribution is 5.71. The van der Waals surface area contributed by atoms with Crippen molar-refractivity contribution in [3.63, 3.8) is 0 Å². The Morgan fingerprint density at radius 2 is 0.758 bits per heavy atom. The van der Waals surface area contributed by atoms with Crippen molar-refractivity contribution >= 4 is 22.2 Å². The SMILES string of the molecule is C.CC.CC.CC(C)(C)C.CC(C)(C)C.c1ccc2ocnc2c1.c1ccc2ocnc2c1. The summed E-state index contributed by atoms with van der Waals surface area (Å²) >= 11 is 0. The van der Waals surface area contributed by atoms with Gasteiger partial charge in [0.2, 0.25) is 0 Å². The summed E-state index contributed by atoms with van der Waals surface area (Å²) in [7, 11) is 0. The minimum Gasteiger partial charge on any atom is -0.443 e. The predicted octanol–water partition coefficient (Wildman–Crippen LogP) is 10.4. The molecule has 188 valence electrons. The van der Waals surface area contributed by atoms with Gasteiger partial charge in [-0.2, -0.15) is 0 Å². The maximum atomic E-state index is 5.01. The summed E-state index contributed by atoms with van der Waals surface area (Å²) in [5.41, 5.74) is 4.52. The highest BCUT2D eigenvalue weighted by Gasteiger charge is 1.96. The van der Waals surface area contributed by atoms with Crippen molar-refractivity contribution in [3.8, 4) is 0 Å². The molecule has 0 aliphatic rings. The molecule has 0 unspecified atom stereocenters. The van der Waals surface area contributed by atoms with Crippen molar-refractivity contribution in [2.45, 2.75) is 90.5 Å². The Kier molecular flexibility index (Phi) is 20.0. The van der Waals surface area contributed by atoms with Crippen molar-refractivity contribution < 1.29 is 8.83 Å². The summed E-state index contributed by atoms with van der Waals surface area (Å²) in [6.45, 7) is 25.5. The molecule has 2 aromatic heterocycles. The van der Waals surface area contributed by atoms with Gasteiger partial charge in [-0.25, -0.2) is 9.97 Å². The van der Waals surface area contributed by atoms with E-state index in [1.54, 1.807) is 0 Å². The zero-order valence-electron chi connectivity index (χ0n) is 22.5. The van der Waals surface area contributed by atoms with Crippen LogP contribution in [0.25, 0.3) is 22.2 Å². The van der Waals surface area contributed by atoms with Crippen molar-refractivity contribution in [2.75, 3.05) is 0 Å². The molecule has 0 fully saturated rings. The highest BCUT2D eigenvalue weighted by atomic mass is 16.3. The summed E-state index contributed by atoms with van der Waals surface area (Å²) in [6.07, 6.45) is 2.90. The van der Waals surface area contributed by atoms with Crippen LogP contribution < -0.4 is 0 Å². The lowest BCUT2D eigenvalue weighted by Crippen LogP contribution is -1.93. The molecule has 0 atom stereocenters. The fraction of sp³-hybridized carbons (Fsp3) is 0.517. The quantitative estimate of drug-likeness (QED) is 0.263. The number of para-hydroxylation sites is 4. The largest absolute Gasteiger partial charge is 0.443 e. The number of aromatic nitrogens is 2. The molecular weight excluding hydrogens is 408 g/mol. The summed E-state index contributed by atoms with van der Waals surface area (Å²) < 4.78 is 10.0. The highest BCUT2D eigenvalue weighted by Crippen LogP contribution is 2.10. The third-order valence-electron chi connectivity index (χ3n) is 2.47. The number of oxazole rings is 2. The van der Waals surface area contributed by atoms with E-state index < -0.39 is 0 Å². The van der Waals surface area contributed by atoms with E-state index in [4.69, 9.17) is 8.83 Å². The zero-order chi connectivity index (χ0) is 25.2. The van der Waals surface area contributed by atoms with E-state index in [2.05, 4.69) is 65.4 Å². The fourth-order valence-electron chi connectivity index (χ4n) is 1.61. The molecule has 4 aromatic rings. The summed E-state index contributed by atoms with van der Waals surface area (Å²) in [5, 5.41) is 0. The van der Waals surface area contributed by atoms with Crippen LogP contribution in [0.15, 0.2) is 70.2 Å². The molecule has 33 heavy (non-hydrogen) atoms. The number of benzene rings is 2.